The van der Waals surface area contributed by atoms with Gasteiger partial charge in [-0.3, -0.25) is 4.79 Å². The van der Waals surface area contributed by atoms with E-state index in [1.807, 2.05) is 6.07 Å². The van der Waals surface area contributed by atoms with Crippen LogP contribution in [-0.4, -0.2) is 25.2 Å². The number of nitrogens with one attached hydrogen (secondary N) is 1. The average Bonchev–Trinajstić information content (AvgIpc) is 2.64. The Balaban J connectivity index is 1.58. The van der Waals surface area contributed by atoms with Crippen molar-refractivity contribution in [2.75, 3.05) is 13.2 Å². The number of aryl methyl sites for hydroxylation is 1. The van der Waals surface area contributed by atoms with Crippen LogP contribution < -0.4 is 5.32 Å². The van der Waals surface area contributed by atoms with Crippen molar-refractivity contribution in [1.29, 1.82) is 0 Å². The van der Waals surface area contributed by atoms with Crippen LogP contribution in [0.15, 0.2) is 17.5 Å². The number of carbonyl (C=O) groups is 1. The molecular formula is C11H15NO2S. The fraction of sp³-hybridized carbons (Fsp3) is 0.545. The molecular weight excluding hydrogens is 210 g/mol. The second-order valence-corrected chi connectivity index (χ2v) is 4.77. The van der Waals surface area contributed by atoms with Crippen molar-refractivity contribution in [3.63, 3.8) is 0 Å². The van der Waals surface area contributed by atoms with E-state index in [-0.39, 0.29) is 11.9 Å². The first-order chi connectivity index (χ1) is 7.34. The molecule has 0 bridgehead atoms. The molecule has 3 nitrogen and oxygen atoms in total. The fourth-order valence-electron chi connectivity index (χ4n) is 1.50. The molecule has 4 heteroatoms. The highest BCUT2D eigenvalue weighted by atomic mass is 32.1. The normalized spacial score (nSPS) is 16.0. The van der Waals surface area contributed by atoms with Gasteiger partial charge in [-0.2, -0.15) is 0 Å². The first-order valence-corrected chi connectivity index (χ1v) is 6.12. The molecule has 0 aliphatic carbocycles. The third-order valence-corrected chi connectivity index (χ3v) is 3.35. The summed E-state index contributed by atoms with van der Waals surface area (Å²) < 4.78 is 4.99. The molecule has 1 N–H and O–H groups in total. The van der Waals surface area contributed by atoms with Crippen LogP contribution in [0.25, 0.3) is 0 Å². The average molecular weight is 225 g/mol. The lowest BCUT2D eigenvalue weighted by Crippen LogP contribution is -2.48. The van der Waals surface area contributed by atoms with Crippen LogP contribution in [-0.2, 0) is 16.0 Å². The molecule has 15 heavy (non-hydrogen) atoms. The molecule has 1 aromatic heterocycles. The molecule has 1 fully saturated rings. The first-order valence-electron chi connectivity index (χ1n) is 5.24. The highest BCUT2D eigenvalue weighted by Crippen LogP contribution is 2.12. The smallest absolute Gasteiger partial charge is 0.220 e. The first kappa shape index (κ1) is 10.6. The summed E-state index contributed by atoms with van der Waals surface area (Å²) in [5.41, 5.74) is 0. The topological polar surface area (TPSA) is 38.3 Å². The van der Waals surface area contributed by atoms with Gasteiger partial charge in [-0.25, -0.2) is 0 Å². The van der Waals surface area contributed by atoms with Gasteiger partial charge in [0.1, 0.15) is 0 Å². The Kier molecular flexibility index (Phi) is 3.75. The van der Waals surface area contributed by atoms with E-state index >= 15 is 0 Å². The zero-order valence-electron chi connectivity index (χ0n) is 8.57. The van der Waals surface area contributed by atoms with E-state index in [0.29, 0.717) is 19.6 Å². The van der Waals surface area contributed by atoms with Gasteiger partial charge in [-0.05, 0) is 24.3 Å². The highest BCUT2D eigenvalue weighted by Gasteiger charge is 2.19. The van der Waals surface area contributed by atoms with E-state index < -0.39 is 0 Å². The Bertz CT molecular complexity index is 306. The number of rotatable bonds is 5. The summed E-state index contributed by atoms with van der Waals surface area (Å²) in [5.74, 6) is 0.153. The zero-order chi connectivity index (χ0) is 10.5. The summed E-state index contributed by atoms with van der Waals surface area (Å²) in [4.78, 5) is 12.8. The number of amides is 1. The van der Waals surface area contributed by atoms with Gasteiger partial charge in [0.15, 0.2) is 0 Å². The van der Waals surface area contributed by atoms with Crippen LogP contribution in [0, 0.1) is 0 Å². The third-order valence-electron chi connectivity index (χ3n) is 2.41. The molecule has 2 rings (SSSR count). The van der Waals surface area contributed by atoms with Gasteiger partial charge in [0.05, 0.1) is 19.3 Å². The summed E-state index contributed by atoms with van der Waals surface area (Å²) in [6, 6.07) is 4.42. The van der Waals surface area contributed by atoms with Crippen LogP contribution in [0.1, 0.15) is 17.7 Å². The molecule has 1 saturated heterocycles. The van der Waals surface area contributed by atoms with Crippen LogP contribution in [0.5, 0.6) is 0 Å². The van der Waals surface area contributed by atoms with Crippen LogP contribution >= 0.6 is 11.3 Å². The summed E-state index contributed by atoms with van der Waals surface area (Å²) >= 11 is 1.75. The Labute approximate surface area is 93.4 Å². The second kappa shape index (κ2) is 5.28. The number of hydrogen-bond donors (Lipinski definition) is 1. The molecule has 0 spiro atoms. The Morgan fingerprint density at radius 1 is 1.60 bits per heavy atom. The van der Waals surface area contributed by atoms with Gasteiger partial charge >= 0.3 is 0 Å². The van der Waals surface area contributed by atoms with Gasteiger partial charge in [-0.1, -0.05) is 6.07 Å². The quantitative estimate of drug-likeness (QED) is 0.826. The van der Waals surface area contributed by atoms with Crippen molar-refractivity contribution in [3.05, 3.63) is 22.4 Å². The SMILES string of the molecule is O=C(CCCc1cccs1)NC1COC1. The molecule has 1 aromatic rings. The van der Waals surface area contributed by atoms with Gasteiger partial charge in [-0.15, -0.1) is 11.3 Å². The molecule has 1 aliphatic heterocycles. The molecule has 1 amide bonds. The monoisotopic (exact) mass is 225 g/mol. The number of hydrogen-bond acceptors (Lipinski definition) is 3. The van der Waals surface area contributed by atoms with E-state index in [9.17, 15) is 4.79 Å². The Hall–Kier alpha value is -0.870. The van der Waals surface area contributed by atoms with Crippen LogP contribution in [0.4, 0.5) is 0 Å². The lowest BCUT2D eigenvalue weighted by atomic mass is 10.2. The highest BCUT2D eigenvalue weighted by molar-refractivity contribution is 7.09. The Morgan fingerprint density at radius 2 is 2.47 bits per heavy atom. The van der Waals surface area contributed by atoms with Gasteiger partial charge in [0.2, 0.25) is 5.91 Å². The molecule has 0 radical (unpaired) electrons. The van der Waals surface area contributed by atoms with Crippen molar-refractivity contribution in [2.45, 2.75) is 25.3 Å². The van der Waals surface area contributed by atoms with E-state index in [1.165, 1.54) is 4.88 Å². The maximum Gasteiger partial charge on any atom is 0.220 e. The van der Waals surface area contributed by atoms with E-state index in [1.54, 1.807) is 11.3 Å². The van der Waals surface area contributed by atoms with E-state index in [2.05, 4.69) is 16.8 Å². The molecule has 0 atom stereocenters. The number of thiophene rings is 1. The third kappa shape index (κ3) is 3.32. The summed E-state index contributed by atoms with van der Waals surface area (Å²) in [6.07, 6.45) is 2.56. The number of ether oxygens (including phenoxy) is 1. The van der Waals surface area contributed by atoms with Crippen LogP contribution in [0.3, 0.4) is 0 Å². The van der Waals surface area contributed by atoms with Crippen molar-refractivity contribution in [3.8, 4) is 0 Å². The maximum atomic E-state index is 11.4. The van der Waals surface area contributed by atoms with Crippen molar-refractivity contribution >= 4 is 17.2 Å². The van der Waals surface area contributed by atoms with E-state index in [4.69, 9.17) is 4.74 Å². The fourth-order valence-corrected chi connectivity index (χ4v) is 2.25. The summed E-state index contributed by atoms with van der Waals surface area (Å²) in [7, 11) is 0. The van der Waals surface area contributed by atoms with Crippen molar-refractivity contribution < 1.29 is 9.53 Å². The molecule has 82 valence electrons. The minimum absolute atomic E-state index is 0.153. The van der Waals surface area contributed by atoms with Crippen molar-refractivity contribution in [2.24, 2.45) is 0 Å². The lowest BCUT2D eigenvalue weighted by Gasteiger charge is -2.26. The summed E-state index contributed by atoms with van der Waals surface area (Å²) in [6.45, 7) is 1.35. The zero-order valence-corrected chi connectivity index (χ0v) is 9.39. The van der Waals surface area contributed by atoms with Gasteiger partial charge in [0.25, 0.3) is 0 Å². The molecule has 0 aromatic carbocycles. The molecule has 0 saturated carbocycles. The van der Waals surface area contributed by atoms with Gasteiger partial charge < -0.3 is 10.1 Å². The summed E-state index contributed by atoms with van der Waals surface area (Å²) in [5, 5.41) is 5.01. The molecule has 1 aliphatic rings. The standard InChI is InChI=1S/C11H15NO2S/c13-11(12-9-7-14-8-9)5-1-3-10-4-2-6-15-10/h2,4,6,9H,1,3,5,7-8H2,(H,12,13). The van der Waals surface area contributed by atoms with Crippen LogP contribution in [0.2, 0.25) is 0 Å². The minimum Gasteiger partial charge on any atom is -0.377 e. The molecule has 0 unspecified atom stereocenters. The van der Waals surface area contributed by atoms with E-state index in [0.717, 1.165) is 12.8 Å². The lowest BCUT2D eigenvalue weighted by molar-refractivity contribution is -0.125. The second-order valence-electron chi connectivity index (χ2n) is 3.73. The molecule has 2 heterocycles. The van der Waals surface area contributed by atoms with Gasteiger partial charge in [0, 0.05) is 11.3 Å². The maximum absolute atomic E-state index is 11.4. The largest absolute Gasteiger partial charge is 0.377 e. The minimum atomic E-state index is 0.153. The predicted octanol–water partition coefficient (Wildman–Crippen LogP) is 1.59. The predicted molar refractivity (Wildman–Crippen MR) is 60.0 cm³/mol. The Morgan fingerprint density at radius 3 is 3.07 bits per heavy atom. The number of carbonyl (C=O) groups excluding carboxylic acids is 1. The van der Waals surface area contributed by atoms with Crippen molar-refractivity contribution in [1.82, 2.24) is 5.32 Å².